The average molecular weight is 284 g/mol. The van der Waals surface area contributed by atoms with E-state index in [0.29, 0.717) is 12.1 Å². The Balaban J connectivity index is 2.07. The fourth-order valence-corrected chi connectivity index (χ4v) is 2.21. The molecule has 0 fully saturated rings. The molecule has 2 aromatic carbocycles. The van der Waals surface area contributed by atoms with Gasteiger partial charge in [-0.2, -0.15) is 0 Å². The Morgan fingerprint density at radius 3 is 2.71 bits per heavy atom. The van der Waals surface area contributed by atoms with Crippen LogP contribution in [0.15, 0.2) is 48.5 Å². The van der Waals surface area contributed by atoms with Crippen LogP contribution in [0.2, 0.25) is 0 Å². The molecule has 0 radical (unpaired) electrons. The first-order chi connectivity index (χ1) is 10.1. The Bertz CT molecular complexity index is 626. The van der Waals surface area contributed by atoms with E-state index in [-0.39, 0.29) is 6.04 Å². The van der Waals surface area contributed by atoms with Gasteiger partial charge in [0, 0.05) is 18.2 Å². The number of rotatable bonds is 6. The summed E-state index contributed by atoms with van der Waals surface area (Å²) >= 11 is 0. The summed E-state index contributed by atoms with van der Waals surface area (Å²) in [6, 6.07) is 15.4. The molecule has 0 saturated carbocycles. The number of nitrogens with one attached hydrogen (secondary N) is 1. The monoisotopic (exact) mass is 284 g/mol. The minimum Gasteiger partial charge on any atom is -0.497 e. The molecule has 2 rings (SSSR count). The minimum absolute atomic E-state index is 0.140. The zero-order valence-electron chi connectivity index (χ0n) is 12.3. The van der Waals surface area contributed by atoms with Gasteiger partial charge in [0.1, 0.15) is 5.75 Å². The lowest BCUT2D eigenvalue weighted by molar-refractivity contribution is 0.0999. The van der Waals surface area contributed by atoms with Gasteiger partial charge in [0.15, 0.2) is 0 Å². The molecule has 21 heavy (non-hydrogen) atoms. The molecule has 0 bridgehead atoms. The van der Waals surface area contributed by atoms with Crippen LogP contribution in [0.25, 0.3) is 0 Å². The van der Waals surface area contributed by atoms with Crippen molar-refractivity contribution in [3.8, 4) is 5.75 Å². The molecule has 0 unspecified atom stereocenters. The number of methoxy groups -OCH3 is 1. The third-order valence-corrected chi connectivity index (χ3v) is 3.48. The quantitative estimate of drug-likeness (QED) is 0.857. The highest BCUT2D eigenvalue weighted by Gasteiger charge is 2.10. The molecule has 2 aromatic rings. The molecule has 0 saturated heterocycles. The summed E-state index contributed by atoms with van der Waals surface area (Å²) < 4.78 is 5.23. The summed E-state index contributed by atoms with van der Waals surface area (Å²) in [7, 11) is 1.65. The van der Waals surface area contributed by atoms with Gasteiger partial charge in [0.25, 0.3) is 0 Å². The predicted octanol–water partition coefficient (Wildman–Crippen LogP) is 2.64. The summed E-state index contributed by atoms with van der Waals surface area (Å²) in [6.45, 7) is 2.65. The van der Waals surface area contributed by atoms with Crippen LogP contribution in [0.3, 0.4) is 0 Å². The van der Waals surface area contributed by atoms with Crippen LogP contribution in [0.1, 0.15) is 34.5 Å². The van der Waals surface area contributed by atoms with Crippen LogP contribution >= 0.6 is 0 Å². The number of amides is 1. The number of carbonyl (C=O) groups excluding carboxylic acids is 1. The summed E-state index contributed by atoms with van der Waals surface area (Å²) in [6.07, 6.45) is 0. The number of hydrogen-bond acceptors (Lipinski definition) is 3. The predicted molar refractivity (Wildman–Crippen MR) is 83.2 cm³/mol. The molecule has 1 amide bonds. The fraction of sp³-hybridized carbons (Fsp3) is 0.235. The Kier molecular flexibility index (Phi) is 4.95. The van der Waals surface area contributed by atoms with Gasteiger partial charge in [-0.15, -0.1) is 0 Å². The molecule has 4 nitrogen and oxygen atoms in total. The van der Waals surface area contributed by atoms with E-state index in [2.05, 4.69) is 12.2 Å². The van der Waals surface area contributed by atoms with Crippen molar-refractivity contribution in [3.63, 3.8) is 0 Å². The van der Waals surface area contributed by atoms with Crippen LogP contribution in [-0.2, 0) is 6.54 Å². The van der Waals surface area contributed by atoms with Crippen molar-refractivity contribution in [1.82, 2.24) is 5.32 Å². The van der Waals surface area contributed by atoms with E-state index in [1.54, 1.807) is 13.2 Å². The first kappa shape index (κ1) is 15.1. The number of carbonyl (C=O) groups is 1. The van der Waals surface area contributed by atoms with Crippen LogP contribution in [0.4, 0.5) is 0 Å². The second-order valence-corrected chi connectivity index (χ2v) is 4.90. The summed E-state index contributed by atoms with van der Waals surface area (Å²) in [5, 5.41) is 3.40. The first-order valence-electron chi connectivity index (χ1n) is 6.87. The summed E-state index contributed by atoms with van der Waals surface area (Å²) in [4.78, 5) is 11.4. The van der Waals surface area contributed by atoms with Crippen molar-refractivity contribution in [2.45, 2.75) is 19.5 Å². The largest absolute Gasteiger partial charge is 0.497 e. The molecule has 1 atom stereocenters. The molecule has 0 heterocycles. The average Bonchev–Trinajstić information content (AvgIpc) is 2.52. The van der Waals surface area contributed by atoms with Crippen molar-refractivity contribution in [2.75, 3.05) is 7.11 Å². The molecular weight excluding hydrogens is 264 g/mol. The van der Waals surface area contributed by atoms with Crippen molar-refractivity contribution in [3.05, 3.63) is 65.2 Å². The van der Waals surface area contributed by atoms with Gasteiger partial charge in [-0.05, 0) is 36.2 Å². The Hall–Kier alpha value is -2.33. The second kappa shape index (κ2) is 6.90. The van der Waals surface area contributed by atoms with Crippen LogP contribution in [-0.4, -0.2) is 13.0 Å². The lowest BCUT2D eigenvalue weighted by Gasteiger charge is -2.16. The highest BCUT2D eigenvalue weighted by molar-refractivity contribution is 5.94. The molecule has 0 spiro atoms. The van der Waals surface area contributed by atoms with Crippen molar-refractivity contribution < 1.29 is 9.53 Å². The zero-order valence-corrected chi connectivity index (χ0v) is 12.3. The standard InChI is InChI=1S/C17H20N2O2/c1-12(13-7-5-8-15(10-13)21-2)19-11-14-6-3-4-9-16(14)17(18)20/h3-10,12,19H,11H2,1-2H3,(H2,18,20)/t12-/m0/s1. The topological polar surface area (TPSA) is 64.3 Å². The molecular formula is C17H20N2O2. The number of primary amides is 1. The van der Waals surface area contributed by atoms with Crippen molar-refractivity contribution >= 4 is 5.91 Å². The lowest BCUT2D eigenvalue weighted by Crippen LogP contribution is -2.21. The second-order valence-electron chi connectivity index (χ2n) is 4.90. The number of nitrogens with two attached hydrogens (primary N) is 1. The molecule has 0 aliphatic carbocycles. The first-order valence-corrected chi connectivity index (χ1v) is 6.87. The molecule has 4 heteroatoms. The van der Waals surface area contributed by atoms with Crippen LogP contribution in [0.5, 0.6) is 5.75 Å². The summed E-state index contributed by atoms with van der Waals surface area (Å²) in [5.41, 5.74) is 7.98. The van der Waals surface area contributed by atoms with Gasteiger partial charge in [0.2, 0.25) is 5.91 Å². The smallest absolute Gasteiger partial charge is 0.249 e. The van der Waals surface area contributed by atoms with E-state index in [9.17, 15) is 4.79 Å². The van der Waals surface area contributed by atoms with E-state index >= 15 is 0 Å². The lowest BCUT2D eigenvalue weighted by atomic mass is 10.0. The highest BCUT2D eigenvalue weighted by Crippen LogP contribution is 2.19. The number of benzene rings is 2. The summed E-state index contributed by atoms with van der Waals surface area (Å²) in [5.74, 6) is 0.431. The fourth-order valence-electron chi connectivity index (χ4n) is 2.21. The molecule has 0 aromatic heterocycles. The van der Waals surface area contributed by atoms with Gasteiger partial charge >= 0.3 is 0 Å². The maximum Gasteiger partial charge on any atom is 0.249 e. The van der Waals surface area contributed by atoms with Crippen LogP contribution in [0, 0.1) is 0 Å². The maximum absolute atomic E-state index is 11.4. The third-order valence-electron chi connectivity index (χ3n) is 3.48. The van der Waals surface area contributed by atoms with Crippen molar-refractivity contribution in [2.24, 2.45) is 5.73 Å². The highest BCUT2D eigenvalue weighted by atomic mass is 16.5. The molecule has 3 N–H and O–H groups in total. The number of ether oxygens (including phenoxy) is 1. The number of hydrogen-bond donors (Lipinski definition) is 2. The van der Waals surface area contributed by atoms with E-state index in [1.807, 2.05) is 42.5 Å². The van der Waals surface area contributed by atoms with Gasteiger partial charge in [-0.25, -0.2) is 0 Å². The maximum atomic E-state index is 11.4. The van der Waals surface area contributed by atoms with Gasteiger partial charge in [0.05, 0.1) is 7.11 Å². The SMILES string of the molecule is COc1cccc([C@H](C)NCc2ccccc2C(N)=O)c1. The van der Waals surface area contributed by atoms with E-state index in [1.165, 1.54) is 0 Å². The van der Waals surface area contributed by atoms with Gasteiger partial charge in [-0.3, -0.25) is 4.79 Å². The molecule has 0 aliphatic heterocycles. The van der Waals surface area contributed by atoms with Gasteiger partial charge < -0.3 is 15.8 Å². The third kappa shape index (κ3) is 3.83. The van der Waals surface area contributed by atoms with Crippen LogP contribution < -0.4 is 15.8 Å². The molecule has 0 aliphatic rings. The normalized spacial score (nSPS) is 11.9. The van der Waals surface area contributed by atoms with Gasteiger partial charge in [-0.1, -0.05) is 30.3 Å². The Labute approximate surface area is 124 Å². The van der Waals surface area contributed by atoms with E-state index < -0.39 is 5.91 Å². The molecule has 110 valence electrons. The van der Waals surface area contributed by atoms with E-state index in [0.717, 1.165) is 16.9 Å². The van der Waals surface area contributed by atoms with E-state index in [4.69, 9.17) is 10.5 Å². The Morgan fingerprint density at radius 1 is 1.24 bits per heavy atom. The Morgan fingerprint density at radius 2 is 2.00 bits per heavy atom. The minimum atomic E-state index is -0.401. The van der Waals surface area contributed by atoms with Crippen molar-refractivity contribution in [1.29, 1.82) is 0 Å². The zero-order chi connectivity index (χ0) is 15.2.